The SMILES string of the molecule is COc1cc(=O)n(C)cc1C(=O)NCc1cccnc1-c1cnn(C)c1. The summed E-state index contributed by atoms with van der Waals surface area (Å²) in [6.07, 6.45) is 6.75. The van der Waals surface area contributed by atoms with E-state index in [4.69, 9.17) is 4.74 Å². The Hall–Kier alpha value is -3.42. The molecule has 0 aliphatic carbocycles. The lowest BCUT2D eigenvalue weighted by molar-refractivity contribution is 0.0947. The summed E-state index contributed by atoms with van der Waals surface area (Å²) in [5.74, 6) is -0.0947. The molecule has 3 aromatic rings. The highest BCUT2D eigenvalue weighted by Crippen LogP contribution is 2.21. The molecule has 0 radical (unpaired) electrons. The number of ether oxygens (including phenoxy) is 1. The summed E-state index contributed by atoms with van der Waals surface area (Å²) < 4.78 is 8.18. The van der Waals surface area contributed by atoms with E-state index in [0.717, 1.165) is 16.8 Å². The van der Waals surface area contributed by atoms with Gasteiger partial charge in [0.2, 0.25) is 0 Å². The Balaban J connectivity index is 1.83. The molecule has 0 aliphatic rings. The van der Waals surface area contributed by atoms with Crippen molar-refractivity contribution in [2.75, 3.05) is 7.11 Å². The van der Waals surface area contributed by atoms with E-state index < -0.39 is 0 Å². The number of methoxy groups -OCH3 is 1. The number of aromatic nitrogens is 4. The number of pyridine rings is 2. The summed E-state index contributed by atoms with van der Waals surface area (Å²) >= 11 is 0. The van der Waals surface area contributed by atoms with Crippen LogP contribution in [0.5, 0.6) is 5.75 Å². The number of hydrogen-bond acceptors (Lipinski definition) is 5. The molecule has 26 heavy (non-hydrogen) atoms. The summed E-state index contributed by atoms with van der Waals surface area (Å²) in [4.78, 5) is 28.7. The van der Waals surface area contributed by atoms with Crippen LogP contribution in [0.25, 0.3) is 11.3 Å². The van der Waals surface area contributed by atoms with Crippen LogP contribution in [0.3, 0.4) is 0 Å². The lowest BCUT2D eigenvalue weighted by atomic mass is 10.1. The quantitative estimate of drug-likeness (QED) is 0.742. The Labute approximate surface area is 150 Å². The van der Waals surface area contributed by atoms with Gasteiger partial charge in [-0.25, -0.2) is 0 Å². The highest BCUT2D eigenvalue weighted by atomic mass is 16.5. The van der Waals surface area contributed by atoms with Gasteiger partial charge in [-0.05, 0) is 11.6 Å². The van der Waals surface area contributed by atoms with Crippen LogP contribution in [0.1, 0.15) is 15.9 Å². The summed E-state index contributed by atoms with van der Waals surface area (Å²) in [6.45, 7) is 0.281. The van der Waals surface area contributed by atoms with Gasteiger partial charge in [0.1, 0.15) is 5.75 Å². The van der Waals surface area contributed by atoms with Crippen molar-refractivity contribution in [1.82, 2.24) is 24.6 Å². The molecule has 3 rings (SSSR count). The maximum Gasteiger partial charge on any atom is 0.256 e. The van der Waals surface area contributed by atoms with Gasteiger partial charge in [-0.2, -0.15) is 5.10 Å². The lowest BCUT2D eigenvalue weighted by Gasteiger charge is -2.12. The molecule has 0 unspecified atom stereocenters. The molecule has 3 aromatic heterocycles. The first-order valence-electron chi connectivity index (χ1n) is 7.95. The Morgan fingerprint density at radius 3 is 2.81 bits per heavy atom. The van der Waals surface area contributed by atoms with Crippen LogP contribution in [0.2, 0.25) is 0 Å². The van der Waals surface area contributed by atoms with E-state index in [1.54, 1.807) is 24.1 Å². The molecule has 134 valence electrons. The van der Waals surface area contributed by atoms with Crippen molar-refractivity contribution in [2.24, 2.45) is 14.1 Å². The predicted octanol–water partition coefficient (Wildman–Crippen LogP) is 1.12. The minimum Gasteiger partial charge on any atom is -0.496 e. The maximum atomic E-state index is 12.6. The van der Waals surface area contributed by atoms with Gasteiger partial charge in [0.15, 0.2) is 0 Å². The number of amides is 1. The van der Waals surface area contributed by atoms with Crippen LogP contribution >= 0.6 is 0 Å². The molecule has 8 heteroatoms. The van der Waals surface area contributed by atoms with Gasteiger partial charge < -0.3 is 14.6 Å². The minimum atomic E-state index is -0.335. The van der Waals surface area contributed by atoms with E-state index in [1.807, 2.05) is 25.4 Å². The molecule has 0 aliphatic heterocycles. The second kappa shape index (κ2) is 7.22. The van der Waals surface area contributed by atoms with Crippen molar-refractivity contribution < 1.29 is 9.53 Å². The van der Waals surface area contributed by atoms with E-state index in [1.165, 1.54) is 23.9 Å². The van der Waals surface area contributed by atoms with Gasteiger partial charge in [0, 0.05) is 50.9 Å². The zero-order valence-electron chi connectivity index (χ0n) is 14.8. The number of nitrogens with one attached hydrogen (secondary N) is 1. The zero-order chi connectivity index (χ0) is 18.7. The fourth-order valence-corrected chi connectivity index (χ4v) is 2.61. The number of carbonyl (C=O) groups is 1. The topological polar surface area (TPSA) is 91.0 Å². The van der Waals surface area contributed by atoms with Crippen LogP contribution in [-0.2, 0) is 20.6 Å². The molecule has 0 aromatic carbocycles. The molecular weight excluding hydrogens is 334 g/mol. The number of hydrogen-bond donors (Lipinski definition) is 1. The molecule has 0 saturated carbocycles. The predicted molar refractivity (Wildman–Crippen MR) is 95.8 cm³/mol. The molecule has 3 heterocycles. The highest BCUT2D eigenvalue weighted by Gasteiger charge is 2.15. The highest BCUT2D eigenvalue weighted by molar-refractivity contribution is 5.96. The van der Waals surface area contributed by atoms with Gasteiger partial charge in [0.25, 0.3) is 11.5 Å². The molecule has 0 atom stereocenters. The molecular formula is C18H19N5O3. The number of carbonyl (C=O) groups excluding carboxylic acids is 1. The Bertz CT molecular complexity index is 1010. The van der Waals surface area contributed by atoms with E-state index in [2.05, 4.69) is 15.4 Å². The van der Waals surface area contributed by atoms with Crippen molar-refractivity contribution in [1.29, 1.82) is 0 Å². The van der Waals surface area contributed by atoms with Gasteiger partial charge in [-0.1, -0.05) is 6.07 Å². The van der Waals surface area contributed by atoms with Crippen LogP contribution < -0.4 is 15.6 Å². The van der Waals surface area contributed by atoms with Gasteiger partial charge >= 0.3 is 0 Å². The average molecular weight is 353 g/mol. The average Bonchev–Trinajstić information content (AvgIpc) is 3.08. The van der Waals surface area contributed by atoms with Gasteiger partial charge in [-0.15, -0.1) is 0 Å². The first kappa shape index (κ1) is 17.4. The van der Waals surface area contributed by atoms with Crippen molar-refractivity contribution in [2.45, 2.75) is 6.54 Å². The number of nitrogens with zero attached hydrogens (tertiary/aromatic N) is 4. The maximum absolute atomic E-state index is 12.6. The third kappa shape index (κ3) is 3.49. The molecule has 1 N–H and O–H groups in total. The molecule has 0 fully saturated rings. The second-order valence-corrected chi connectivity index (χ2v) is 5.80. The van der Waals surface area contributed by atoms with Crippen LogP contribution in [-0.4, -0.2) is 32.3 Å². The summed E-state index contributed by atoms with van der Waals surface area (Å²) in [6, 6.07) is 5.00. The van der Waals surface area contributed by atoms with Crippen LogP contribution in [0, 0.1) is 0 Å². The Morgan fingerprint density at radius 2 is 2.12 bits per heavy atom. The standard InChI is InChI=1S/C18H19N5O3/c1-22-11-14(15(26-3)7-16(22)24)18(25)20-8-12-5-4-6-19-17(12)13-9-21-23(2)10-13/h4-7,9-11H,8H2,1-3H3,(H,20,25). The summed E-state index contributed by atoms with van der Waals surface area (Å²) in [5.41, 5.74) is 2.54. The third-order valence-electron chi connectivity index (χ3n) is 3.96. The molecule has 0 bridgehead atoms. The van der Waals surface area contributed by atoms with Crippen molar-refractivity contribution >= 4 is 5.91 Å². The largest absolute Gasteiger partial charge is 0.496 e. The Morgan fingerprint density at radius 1 is 1.31 bits per heavy atom. The normalized spacial score (nSPS) is 10.6. The minimum absolute atomic E-state index is 0.240. The fourth-order valence-electron chi connectivity index (χ4n) is 2.61. The van der Waals surface area contributed by atoms with Gasteiger partial charge in [0.05, 0.1) is 24.6 Å². The van der Waals surface area contributed by atoms with Crippen molar-refractivity contribution in [3.8, 4) is 17.0 Å². The zero-order valence-corrected chi connectivity index (χ0v) is 14.8. The monoisotopic (exact) mass is 353 g/mol. The Kier molecular flexibility index (Phi) is 4.83. The molecule has 0 saturated heterocycles. The first-order valence-corrected chi connectivity index (χ1v) is 7.95. The van der Waals surface area contributed by atoms with Gasteiger partial charge in [-0.3, -0.25) is 19.3 Å². The lowest BCUT2D eigenvalue weighted by Crippen LogP contribution is -2.26. The fraction of sp³-hybridized carbons (Fsp3) is 0.222. The van der Waals surface area contributed by atoms with E-state index in [-0.39, 0.29) is 23.8 Å². The summed E-state index contributed by atoms with van der Waals surface area (Å²) in [5, 5.41) is 7.01. The third-order valence-corrected chi connectivity index (χ3v) is 3.96. The molecule has 8 nitrogen and oxygen atoms in total. The van der Waals surface area contributed by atoms with Crippen molar-refractivity contribution in [3.05, 3.63) is 64.5 Å². The van der Waals surface area contributed by atoms with Crippen LogP contribution in [0.15, 0.2) is 47.8 Å². The molecule has 1 amide bonds. The smallest absolute Gasteiger partial charge is 0.256 e. The number of aryl methyl sites for hydroxylation is 2. The summed E-state index contributed by atoms with van der Waals surface area (Å²) in [7, 11) is 4.84. The van der Waals surface area contributed by atoms with Crippen LogP contribution in [0.4, 0.5) is 0 Å². The van der Waals surface area contributed by atoms with E-state index in [9.17, 15) is 9.59 Å². The van der Waals surface area contributed by atoms with Crippen molar-refractivity contribution in [3.63, 3.8) is 0 Å². The second-order valence-electron chi connectivity index (χ2n) is 5.80. The first-order chi connectivity index (χ1) is 12.5. The van der Waals surface area contributed by atoms with E-state index in [0.29, 0.717) is 5.56 Å². The van der Waals surface area contributed by atoms with E-state index >= 15 is 0 Å². The molecule has 0 spiro atoms. The number of rotatable bonds is 5.